The van der Waals surface area contributed by atoms with Gasteiger partial charge in [0.05, 0.1) is 12.5 Å². The molecule has 0 bridgehead atoms. The second kappa shape index (κ2) is 7.23. The van der Waals surface area contributed by atoms with Gasteiger partial charge in [-0.15, -0.1) is 0 Å². The summed E-state index contributed by atoms with van der Waals surface area (Å²) in [5, 5.41) is 10.5. The molecule has 2 heterocycles. The number of pyridine rings is 1. The van der Waals surface area contributed by atoms with E-state index in [1.807, 2.05) is 37.3 Å². The minimum absolute atomic E-state index is 0.130. The largest absolute Gasteiger partial charge is 0.346 e. The average molecular weight is 342 g/mol. The molecule has 3 rings (SSSR count). The average Bonchev–Trinajstić information content (AvgIpc) is 3.08. The van der Waals surface area contributed by atoms with Crippen LogP contribution in [0.15, 0.2) is 48.8 Å². The first-order valence-corrected chi connectivity index (χ1v) is 7.87. The summed E-state index contributed by atoms with van der Waals surface area (Å²) in [4.78, 5) is 20.6. The minimum atomic E-state index is -0.294. The standard InChI is InChI=1S/C17H16ClN5O/c1-11(20-15(24)9-12-5-2-3-7-14(12)18)16-21-17(23-22-16)13-6-4-8-19-10-13/h2-8,10-11H,9H2,1H3,(H,20,24)(H,21,22,23). The van der Waals surface area contributed by atoms with Crippen LogP contribution in [0.4, 0.5) is 0 Å². The van der Waals surface area contributed by atoms with Crippen LogP contribution in [-0.2, 0) is 11.2 Å². The molecule has 0 aliphatic rings. The topological polar surface area (TPSA) is 83.6 Å². The number of amides is 1. The van der Waals surface area contributed by atoms with Crippen molar-refractivity contribution < 1.29 is 4.79 Å². The quantitative estimate of drug-likeness (QED) is 0.747. The number of aromatic nitrogens is 4. The number of H-pyrrole nitrogens is 1. The Kier molecular flexibility index (Phi) is 4.86. The van der Waals surface area contributed by atoms with Crippen molar-refractivity contribution in [2.45, 2.75) is 19.4 Å². The molecular formula is C17H16ClN5O. The summed E-state index contributed by atoms with van der Waals surface area (Å²) in [5.74, 6) is 1.00. The Labute approximate surface area is 144 Å². The van der Waals surface area contributed by atoms with Gasteiger partial charge in [-0.1, -0.05) is 29.8 Å². The number of nitrogens with zero attached hydrogens (tertiary/aromatic N) is 3. The second-order valence-electron chi connectivity index (χ2n) is 5.34. The van der Waals surface area contributed by atoms with E-state index in [9.17, 15) is 4.79 Å². The first kappa shape index (κ1) is 16.1. The monoisotopic (exact) mass is 341 g/mol. The number of benzene rings is 1. The highest BCUT2D eigenvalue weighted by Crippen LogP contribution is 2.17. The fourth-order valence-corrected chi connectivity index (χ4v) is 2.47. The van der Waals surface area contributed by atoms with Gasteiger partial charge in [-0.05, 0) is 30.7 Å². The molecule has 24 heavy (non-hydrogen) atoms. The molecular weight excluding hydrogens is 326 g/mol. The van der Waals surface area contributed by atoms with Gasteiger partial charge in [0.1, 0.15) is 5.82 Å². The van der Waals surface area contributed by atoms with Gasteiger partial charge in [0.2, 0.25) is 5.91 Å². The van der Waals surface area contributed by atoms with E-state index in [0.717, 1.165) is 11.1 Å². The zero-order chi connectivity index (χ0) is 16.9. The molecule has 1 unspecified atom stereocenters. The summed E-state index contributed by atoms with van der Waals surface area (Å²) in [6, 6.07) is 10.7. The lowest BCUT2D eigenvalue weighted by Gasteiger charge is -2.11. The zero-order valence-electron chi connectivity index (χ0n) is 13.0. The van der Waals surface area contributed by atoms with E-state index >= 15 is 0 Å². The van der Waals surface area contributed by atoms with Crippen molar-refractivity contribution in [2.75, 3.05) is 0 Å². The number of carbonyl (C=O) groups excluding carboxylic acids is 1. The summed E-state index contributed by atoms with van der Waals surface area (Å²) in [6.07, 6.45) is 3.59. The third-order valence-electron chi connectivity index (χ3n) is 3.52. The van der Waals surface area contributed by atoms with Crippen molar-refractivity contribution in [2.24, 2.45) is 0 Å². The fraction of sp³-hybridized carbons (Fsp3) is 0.176. The third kappa shape index (κ3) is 3.78. The van der Waals surface area contributed by atoms with Crippen LogP contribution in [-0.4, -0.2) is 26.1 Å². The maximum absolute atomic E-state index is 12.2. The maximum Gasteiger partial charge on any atom is 0.225 e. The van der Waals surface area contributed by atoms with Gasteiger partial charge >= 0.3 is 0 Å². The Morgan fingerprint density at radius 1 is 1.29 bits per heavy atom. The van der Waals surface area contributed by atoms with E-state index < -0.39 is 0 Å². The SMILES string of the molecule is CC(NC(=O)Cc1ccccc1Cl)c1nc(-c2cccnc2)n[nH]1. The van der Waals surface area contributed by atoms with Gasteiger partial charge in [0, 0.05) is 23.0 Å². The second-order valence-corrected chi connectivity index (χ2v) is 5.75. The number of halogens is 1. The molecule has 0 saturated heterocycles. The zero-order valence-corrected chi connectivity index (χ0v) is 13.8. The smallest absolute Gasteiger partial charge is 0.225 e. The number of hydrogen-bond donors (Lipinski definition) is 2. The molecule has 1 amide bonds. The van der Waals surface area contributed by atoms with Crippen molar-refractivity contribution in [1.29, 1.82) is 0 Å². The first-order chi connectivity index (χ1) is 11.6. The maximum atomic E-state index is 12.2. The van der Waals surface area contributed by atoms with Crippen molar-refractivity contribution >= 4 is 17.5 Å². The van der Waals surface area contributed by atoms with Crippen LogP contribution < -0.4 is 5.32 Å². The van der Waals surface area contributed by atoms with Gasteiger partial charge in [0.15, 0.2) is 5.82 Å². The molecule has 0 aliphatic carbocycles. The molecule has 122 valence electrons. The summed E-state index contributed by atoms with van der Waals surface area (Å²) in [5.41, 5.74) is 1.60. The van der Waals surface area contributed by atoms with Crippen LogP contribution in [0.25, 0.3) is 11.4 Å². The molecule has 7 heteroatoms. The molecule has 6 nitrogen and oxygen atoms in total. The van der Waals surface area contributed by atoms with Crippen molar-refractivity contribution in [1.82, 2.24) is 25.5 Å². The van der Waals surface area contributed by atoms with E-state index in [0.29, 0.717) is 16.7 Å². The predicted molar refractivity (Wildman–Crippen MR) is 91.3 cm³/mol. The minimum Gasteiger partial charge on any atom is -0.346 e. The first-order valence-electron chi connectivity index (χ1n) is 7.49. The van der Waals surface area contributed by atoms with Gasteiger partial charge in [-0.3, -0.25) is 14.9 Å². The molecule has 2 N–H and O–H groups in total. The Morgan fingerprint density at radius 3 is 2.88 bits per heavy atom. The Morgan fingerprint density at radius 2 is 2.12 bits per heavy atom. The highest BCUT2D eigenvalue weighted by atomic mass is 35.5. The van der Waals surface area contributed by atoms with Crippen molar-refractivity contribution in [3.63, 3.8) is 0 Å². The highest BCUT2D eigenvalue weighted by molar-refractivity contribution is 6.31. The number of aromatic amines is 1. The molecule has 0 aliphatic heterocycles. The Hall–Kier alpha value is -2.73. The highest BCUT2D eigenvalue weighted by Gasteiger charge is 2.15. The van der Waals surface area contributed by atoms with Crippen LogP contribution in [0, 0.1) is 0 Å². The molecule has 1 atom stereocenters. The number of hydrogen-bond acceptors (Lipinski definition) is 4. The van der Waals surface area contributed by atoms with E-state index in [1.165, 1.54) is 0 Å². The molecule has 0 saturated carbocycles. The van der Waals surface area contributed by atoms with Gasteiger partial charge in [-0.2, -0.15) is 5.10 Å². The number of carbonyl (C=O) groups is 1. The van der Waals surface area contributed by atoms with E-state index in [4.69, 9.17) is 11.6 Å². The van der Waals surface area contributed by atoms with Gasteiger partial charge < -0.3 is 5.32 Å². The van der Waals surface area contributed by atoms with Crippen molar-refractivity contribution in [3.05, 3.63) is 65.2 Å². The van der Waals surface area contributed by atoms with Crippen LogP contribution in [0.2, 0.25) is 5.02 Å². The predicted octanol–water partition coefficient (Wildman–Crippen LogP) is 2.94. The number of nitrogens with one attached hydrogen (secondary N) is 2. The lowest BCUT2D eigenvalue weighted by molar-refractivity contribution is -0.121. The van der Waals surface area contributed by atoms with E-state index in [-0.39, 0.29) is 18.4 Å². The summed E-state index contributed by atoms with van der Waals surface area (Å²) in [7, 11) is 0. The van der Waals surface area contributed by atoms with E-state index in [2.05, 4.69) is 25.5 Å². The van der Waals surface area contributed by atoms with Gasteiger partial charge in [-0.25, -0.2) is 4.98 Å². The molecule has 2 aromatic heterocycles. The fourth-order valence-electron chi connectivity index (χ4n) is 2.27. The van der Waals surface area contributed by atoms with E-state index in [1.54, 1.807) is 18.5 Å². The molecule has 3 aromatic rings. The normalized spacial score (nSPS) is 11.9. The lowest BCUT2D eigenvalue weighted by Crippen LogP contribution is -2.28. The number of rotatable bonds is 5. The van der Waals surface area contributed by atoms with Crippen LogP contribution in [0.5, 0.6) is 0 Å². The molecule has 0 fully saturated rings. The Bertz CT molecular complexity index is 834. The van der Waals surface area contributed by atoms with Crippen LogP contribution in [0.1, 0.15) is 24.4 Å². The third-order valence-corrected chi connectivity index (χ3v) is 3.89. The molecule has 1 aromatic carbocycles. The molecule has 0 radical (unpaired) electrons. The molecule has 0 spiro atoms. The Balaban J connectivity index is 1.65. The summed E-state index contributed by atoms with van der Waals surface area (Å²) in [6.45, 7) is 1.85. The lowest BCUT2D eigenvalue weighted by atomic mass is 10.1. The summed E-state index contributed by atoms with van der Waals surface area (Å²) >= 11 is 6.08. The van der Waals surface area contributed by atoms with Crippen molar-refractivity contribution in [3.8, 4) is 11.4 Å². The van der Waals surface area contributed by atoms with Crippen LogP contribution >= 0.6 is 11.6 Å². The van der Waals surface area contributed by atoms with Crippen LogP contribution in [0.3, 0.4) is 0 Å². The summed E-state index contributed by atoms with van der Waals surface area (Å²) < 4.78 is 0. The van der Waals surface area contributed by atoms with Gasteiger partial charge in [0.25, 0.3) is 0 Å².